The third kappa shape index (κ3) is 2.17. The molecule has 4 N–H and O–H groups in total. The van der Waals surface area contributed by atoms with Crippen molar-refractivity contribution in [3.63, 3.8) is 0 Å². The minimum Gasteiger partial charge on any atom is -0.368 e. The highest BCUT2D eigenvalue weighted by Crippen LogP contribution is 2.51. The molecule has 2 aliphatic rings. The molecule has 4 rings (SSSR count). The summed E-state index contributed by atoms with van der Waals surface area (Å²) in [7, 11) is 0. The molecular weight excluding hydrogens is 350 g/mol. The SMILES string of the molecule is CC(C)n1[nH]c(=O)c2c1NC(=O)C[C@@]21C(=O)N(CC(N)=O)c2ccccc21. The van der Waals surface area contributed by atoms with Crippen molar-refractivity contribution in [2.75, 3.05) is 16.8 Å². The Morgan fingerprint density at radius 2 is 1.96 bits per heavy atom. The number of hydrogen-bond donors (Lipinski definition) is 3. The summed E-state index contributed by atoms with van der Waals surface area (Å²) < 4.78 is 1.54. The second-order valence-corrected chi connectivity index (χ2v) is 7.13. The van der Waals surface area contributed by atoms with E-state index < -0.39 is 22.8 Å². The van der Waals surface area contributed by atoms with Crippen molar-refractivity contribution in [2.45, 2.75) is 31.7 Å². The lowest BCUT2D eigenvalue weighted by atomic mass is 9.71. The Hall–Kier alpha value is -3.36. The van der Waals surface area contributed by atoms with Crippen molar-refractivity contribution in [3.8, 4) is 0 Å². The smallest absolute Gasteiger partial charge is 0.270 e. The van der Waals surface area contributed by atoms with Gasteiger partial charge in [0.05, 0.1) is 12.0 Å². The number of carbonyl (C=O) groups is 3. The van der Waals surface area contributed by atoms with Gasteiger partial charge in [-0.25, -0.2) is 0 Å². The largest absolute Gasteiger partial charge is 0.368 e. The van der Waals surface area contributed by atoms with Gasteiger partial charge in [-0.2, -0.15) is 0 Å². The highest BCUT2D eigenvalue weighted by Gasteiger charge is 2.58. The van der Waals surface area contributed by atoms with Gasteiger partial charge in [-0.3, -0.25) is 29.0 Å². The summed E-state index contributed by atoms with van der Waals surface area (Å²) >= 11 is 0. The van der Waals surface area contributed by atoms with Gasteiger partial charge in [-0.15, -0.1) is 0 Å². The molecule has 1 aromatic heterocycles. The Kier molecular flexibility index (Phi) is 3.52. The van der Waals surface area contributed by atoms with E-state index in [4.69, 9.17) is 5.73 Å². The molecule has 0 saturated heterocycles. The second kappa shape index (κ2) is 5.57. The predicted octanol–water partition coefficient (Wildman–Crippen LogP) is 0.218. The Morgan fingerprint density at radius 3 is 2.63 bits per heavy atom. The Balaban J connectivity index is 2.05. The molecule has 1 spiro atoms. The number of nitrogens with zero attached hydrogens (tertiary/aromatic N) is 2. The summed E-state index contributed by atoms with van der Waals surface area (Å²) in [6.07, 6.45) is -0.212. The van der Waals surface area contributed by atoms with Gasteiger partial charge in [-0.1, -0.05) is 18.2 Å². The maximum absolute atomic E-state index is 13.5. The van der Waals surface area contributed by atoms with Gasteiger partial charge in [0.1, 0.15) is 17.8 Å². The Labute approximate surface area is 154 Å². The van der Waals surface area contributed by atoms with E-state index in [0.29, 0.717) is 11.3 Å². The van der Waals surface area contributed by atoms with E-state index in [1.54, 1.807) is 28.9 Å². The van der Waals surface area contributed by atoms with Crippen LogP contribution in [0.25, 0.3) is 0 Å². The van der Waals surface area contributed by atoms with Crippen molar-refractivity contribution in [1.29, 1.82) is 0 Å². The van der Waals surface area contributed by atoms with Crippen molar-refractivity contribution < 1.29 is 14.4 Å². The number of anilines is 2. The van der Waals surface area contributed by atoms with Crippen LogP contribution in [0.3, 0.4) is 0 Å². The van der Waals surface area contributed by atoms with E-state index in [1.807, 2.05) is 13.8 Å². The summed E-state index contributed by atoms with van der Waals surface area (Å²) in [5, 5.41) is 5.44. The van der Waals surface area contributed by atoms with Gasteiger partial charge in [0.15, 0.2) is 0 Å². The zero-order valence-corrected chi connectivity index (χ0v) is 14.9. The molecule has 2 aliphatic heterocycles. The quantitative estimate of drug-likeness (QED) is 0.714. The lowest BCUT2D eigenvalue weighted by Gasteiger charge is -2.32. The van der Waals surface area contributed by atoms with E-state index in [2.05, 4.69) is 10.4 Å². The molecule has 27 heavy (non-hydrogen) atoms. The van der Waals surface area contributed by atoms with Crippen LogP contribution in [-0.4, -0.2) is 34.0 Å². The molecule has 1 atom stereocenters. The van der Waals surface area contributed by atoms with Crippen LogP contribution in [0.2, 0.25) is 0 Å². The number of aromatic amines is 1. The zero-order valence-electron chi connectivity index (χ0n) is 14.9. The van der Waals surface area contributed by atoms with Crippen LogP contribution in [0.5, 0.6) is 0 Å². The predicted molar refractivity (Wildman–Crippen MR) is 97.5 cm³/mol. The van der Waals surface area contributed by atoms with Crippen molar-refractivity contribution in [2.24, 2.45) is 5.73 Å². The van der Waals surface area contributed by atoms with Crippen molar-refractivity contribution in [3.05, 3.63) is 45.7 Å². The number of amides is 3. The van der Waals surface area contributed by atoms with Gasteiger partial charge in [0.2, 0.25) is 17.7 Å². The van der Waals surface area contributed by atoms with Crippen LogP contribution in [-0.2, 0) is 19.8 Å². The number of carbonyl (C=O) groups excluding carboxylic acids is 3. The number of hydrogen-bond acceptors (Lipinski definition) is 4. The van der Waals surface area contributed by atoms with Crippen LogP contribution in [0.1, 0.15) is 37.4 Å². The van der Waals surface area contributed by atoms with Crippen LogP contribution in [0.4, 0.5) is 11.5 Å². The lowest BCUT2D eigenvalue weighted by Crippen LogP contribution is -2.50. The van der Waals surface area contributed by atoms with E-state index in [9.17, 15) is 19.2 Å². The standard InChI is InChI=1S/C18H19N5O4/c1-9(2)23-15-14(16(26)21-23)18(7-13(25)20-15)10-5-3-4-6-11(10)22(17(18)27)8-12(19)24/h3-6,9H,7-8H2,1-2H3,(H2,19,24)(H,20,25)(H,21,26)/t18-/m0/s1. The molecule has 0 bridgehead atoms. The molecule has 9 nitrogen and oxygen atoms in total. The minimum absolute atomic E-state index is 0.134. The molecule has 2 aromatic rings. The molecule has 0 fully saturated rings. The number of primary amides is 1. The fourth-order valence-corrected chi connectivity index (χ4v) is 4.11. The summed E-state index contributed by atoms with van der Waals surface area (Å²) in [6.45, 7) is 3.39. The first-order valence-corrected chi connectivity index (χ1v) is 8.62. The number of rotatable bonds is 3. The highest BCUT2D eigenvalue weighted by atomic mass is 16.2. The Bertz CT molecular complexity index is 1050. The molecule has 0 saturated carbocycles. The molecule has 3 heterocycles. The highest BCUT2D eigenvalue weighted by molar-refractivity contribution is 6.17. The Morgan fingerprint density at radius 1 is 1.26 bits per heavy atom. The first-order chi connectivity index (χ1) is 12.8. The van der Waals surface area contributed by atoms with Gasteiger partial charge >= 0.3 is 0 Å². The molecule has 0 radical (unpaired) electrons. The molecular formula is C18H19N5O4. The maximum atomic E-state index is 13.5. The number of aromatic nitrogens is 2. The minimum atomic E-state index is -1.47. The third-order valence-corrected chi connectivity index (χ3v) is 5.13. The molecule has 0 aliphatic carbocycles. The number of nitrogens with two attached hydrogens (primary N) is 1. The molecule has 1 aromatic carbocycles. The molecule has 0 unspecified atom stereocenters. The fraction of sp³-hybridized carbons (Fsp3) is 0.333. The summed E-state index contributed by atoms with van der Waals surface area (Å²) in [5.41, 5.74) is 4.61. The van der Waals surface area contributed by atoms with Gasteiger partial charge < -0.3 is 16.0 Å². The van der Waals surface area contributed by atoms with Gasteiger partial charge in [0.25, 0.3) is 5.56 Å². The topological polar surface area (TPSA) is 130 Å². The number of fused-ring (bicyclic) bond motifs is 4. The first kappa shape index (κ1) is 17.1. The average Bonchev–Trinajstić information content (AvgIpc) is 3.04. The van der Waals surface area contributed by atoms with Crippen molar-refractivity contribution >= 4 is 29.2 Å². The maximum Gasteiger partial charge on any atom is 0.270 e. The zero-order chi connectivity index (χ0) is 19.5. The fourth-order valence-electron chi connectivity index (χ4n) is 4.11. The van der Waals surface area contributed by atoms with Crippen LogP contribution >= 0.6 is 0 Å². The van der Waals surface area contributed by atoms with E-state index >= 15 is 0 Å². The number of benzene rings is 1. The first-order valence-electron chi connectivity index (χ1n) is 8.62. The number of H-pyrrole nitrogens is 1. The molecule has 140 valence electrons. The monoisotopic (exact) mass is 369 g/mol. The number of para-hydroxylation sites is 1. The summed E-state index contributed by atoms with van der Waals surface area (Å²) in [6, 6.07) is 6.73. The second-order valence-electron chi connectivity index (χ2n) is 7.13. The van der Waals surface area contributed by atoms with E-state index in [0.717, 1.165) is 0 Å². The number of nitrogens with one attached hydrogen (secondary N) is 2. The van der Waals surface area contributed by atoms with Crippen molar-refractivity contribution in [1.82, 2.24) is 9.78 Å². The van der Waals surface area contributed by atoms with Crippen LogP contribution in [0, 0.1) is 0 Å². The van der Waals surface area contributed by atoms with E-state index in [1.165, 1.54) is 4.90 Å². The van der Waals surface area contributed by atoms with Gasteiger partial charge in [0, 0.05) is 11.7 Å². The third-order valence-electron chi connectivity index (χ3n) is 5.13. The van der Waals surface area contributed by atoms with Crippen LogP contribution in [0.15, 0.2) is 29.1 Å². The summed E-state index contributed by atoms with van der Waals surface area (Å²) in [4.78, 5) is 51.7. The normalized spacial score (nSPS) is 20.8. The van der Waals surface area contributed by atoms with E-state index in [-0.39, 0.29) is 36.3 Å². The average molecular weight is 369 g/mol. The lowest BCUT2D eigenvalue weighted by molar-refractivity contribution is -0.127. The molecule has 3 amide bonds. The molecule has 9 heteroatoms. The van der Waals surface area contributed by atoms with Crippen LogP contribution < -0.4 is 21.5 Å². The summed E-state index contributed by atoms with van der Waals surface area (Å²) in [5.74, 6) is -1.26. The van der Waals surface area contributed by atoms with Gasteiger partial charge in [-0.05, 0) is 25.5 Å².